The highest BCUT2D eigenvalue weighted by Gasteiger charge is 2.08. The normalized spacial score (nSPS) is 9.35. The van der Waals surface area contributed by atoms with E-state index in [0.717, 1.165) is 0 Å². The van der Waals surface area contributed by atoms with Gasteiger partial charge in [0.1, 0.15) is 5.75 Å². The van der Waals surface area contributed by atoms with Crippen molar-refractivity contribution in [2.45, 2.75) is 13.3 Å². The maximum atomic E-state index is 11.4. The van der Waals surface area contributed by atoms with E-state index in [1.54, 1.807) is 18.2 Å². The molecule has 0 aliphatic rings. The lowest BCUT2D eigenvalue weighted by Crippen LogP contribution is -2.02. The Bertz CT molecular complexity index is 555. The molecule has 0 aromatic heterocycles. The van der Waals surface area contributed by atoms with Crippen LogP contribution in [0, 0.1) is 11.8 Å². The molecule has 106 valence electrons. The Hall–Kier alpha value is -1.93. The van der Waals surface area contributed by atoms with Gasteiger partial charge in [-0.3, -0.25) is 4.79 Å². The molecule has 0 N–H and O–H groups in total. The van der Waals surface area contributed by atoms with Gasteiger partial charge in [0.2, 0.25) is 0 Å². The fourth-order valence-corrected chi connectivity index (χ4v) is 1.93. The molecule has 20 heavy (non-hydrogen) atoms. The second-order valence-electron chi connectivity index (χ2n) is 3.80. The largest absolute Gasteiger partial charge is 0.495 e. The van der Waals surface area contributed by atoms with Crippen LogP contribution in [0.15, 0.2) is 18.2 Å². The second kappa shape index (κ2) is 8.28. The van der Waals surface area contributed by atoms with Gasteiger partial charge in [0, 0.05) is 19.1 Å². The molecule has 1 rings (SSSR count). The second-order valence-corrected chi connectivity index (χ2v) is 5.07. The zero-order valence-corrected chi connectivity index (χ0v) is 12.5. The lowest BCUT2D eigenvalue weighted by molar-refractivity contribution is -0.109. The van der Waals surface area contributed by atoms with Crippen molar-refractivity contribution in [3.63, 3.8) is 0 Å². The van der Waals surface area contributed by atoms with Crippen molar-refractivity contribution in [2.24, 2.45) is 0 Å². The van der Waals surface area contributed by atoms with Crippen molar-refractivity contribution in [1.82, 2.24) is 0 Å². The molecule has 0 aliphatic heterocycles. The van der Waals surface area contributed by atoms with E-state index in [-0.39, 0.29) is 5.12 Å². The Morgan fingerprint density at radius 1 is 1.30 bits per heavy atom. The molecule has 4 nitrogen and oxygen atoms in total. The number of ether oxygens (including phenoxy) is 2. The average molecular weight is 292 g/mol. The summed E-state index contributed by atoms with van der Waals surface area (Å²) in [5.74, 6) is 6.73. The molecule has 0 atom stereocenters. The summed E-state index contributed by atoms with van der Waals surface area (Å²) in [7, 11) is 2.85. The van der Waals surface area contributed by atoms with Gasteiger partial charge in [0.05, 0.1) is 25.3 Å². The number of carbonyl (C=O) groups excluding carboxylic acids is 2. The summed E-state index contributed by atoms with van der Waals surface area (Å²) in [5, 5.41) is 0.0896. The number of methoxy groups -OCH3 is 2. The van der Waals surface area contributed by atoms with Crippen molar-refractivity contribution >= 4 is 22.8 Å². The van der Waals surface area contributed by atoms with Crippen LogP contribution < -0.4 is 4.74 Å². The lowest BCUT2D eigenvalue weighted by atomic mass is 10.1. The van der Waals surface area contributed by atoms with Crippen molar-refractivity contribution in [1.29, 1.82) is 0 Å². The highest BCUT2D eigenvalue weighted by molar-refractivity contribution is 8.13. The zero-order valence-electron chi connectivity index (χ0n) is 11.7. The molecule has 0 spiro atoms. The predicted octanol–water partition coefficient (Wildman–Crippen LogP) is 2.50. The fourth-order valence-electron chi connectivity index (χ4n) is 1.44. The van der Waals surface area contributed by atoms with E-state index in [2.05, 4.69) is 16.6 Å². The fraction of sp³-hybridized carbons (Fsp3) is 0.333. The first-order valence-corrected chi connectivity index (χ1v) is 6.95. The van der Waals surface area contributed by atoms with E-state index in [9.17, 15) is 9.59 Å². The van der Waals surface area contributed by atoms with Crippen LogP contribution in [0.2, 0.25) is 0 Å². The highest BCUT2D eigenvalue weighted by Crippen LogP contribution is 2.19. The lowest BCUT2D eigenvalue weighted by Gasteiger charge is -2.05. The van der Waals surface area contributed by atoms with Gasteiger partial charge >= 0.3 is 5.97 Å². The monoisotopic (exact) mass is 292 g/mol. The first-order valence-electron chi connectivity index (χ1n) is 5.97. The van der Waals surface area contributed by atoms with E-state index < -0.39 is 5.97 Å². The third-order valence-corrected chi connectivity index (χ3v) is 3.19. The summed E-state index contributed by atoms with van der Waals surface area (Å²) < 4.78 is 9.85. The quantitative estimate of drug-likeness (QED) is 0.485. The molecular formula is C15H16O4S. The Morgan fingerprint density at radius 2 is 2.05 bits per heavy atom. The van der Waals surface area contributed by atoms with E-state index in [1.165, 1.54) is 32.9 Å². The molecule has 0 saturated heterocycles. The maximum Gasteiger partial charge on any atom is 0.337 e. The van der Waals surface area contributed by atoms with Gasteiger partial charge in [0.25, 0.3) is 0 Å². The van der Waals surface area contributed by atoms with Crippen LogP contribution in [0.3, 0.4) is 0 Å². The van der Waals surface area contributed by atoms with Gasteiger partial charge in [-0.05, 0) is 18.2 Å². The summed E-state index contributed by atoms with van der Waals surface area (Å²) in [6.45, 7) is 1.53. The van der Waals surface area contributed by atoms with Crippen molar-refractivity contribution in [2.75, 3.05) is 20.0 Å². The van der Waals surface area contributed by atoms with Crippen LogP contribution in [0.4, 0.5) is 0 Å². The average Bonchev–Trinajstić information content (AvgIpc) is 2.45. The third-order valence-electron chi connectivity index (χ3n) is 2.38. The standard InChI is InChI=1S/C15H16O4S/c1-11(16)20-9-5-4-6-12-7-8-13(15(17)19-3)10-14(12)18-2/h7-8,10H,5,9H2,1-3H3. The van der Waals surface area contributed by atoms with Gasteiger partial charge in [0.15, 0.2) is 5.12 Å². The predicted molar refractivity (Wildman–Crippen MR) is 79.0 cm³/mol. The van der Waals surface area contributed by atoms with E-state index in [1.807, 2.05) is 0 Å². The van der Waals surface area contributed by atoms with E-state index in [4.69, 9.17) is 4.74 Å². The smallest absolute Gasteiger partial charge is 0.337 e. The first-order chi connectivity index (χ1) is 9.58. The SMILES string of the molecule is COC(=O)c1ccc(C#CCCSC(C)=O)c(OC)c1. The number of hydrogen-bond donors (Lipinski definition) is 0. The molecule has 0 radical (unpaired) electrons. The number of hydrogen-bond acceptors (Lipinski definition) is 5. The topological polar surface area (TPSA) is 52.6 Å². The Morgan fingerprint density at radius 3 is 2.65 bits per heavy atom. The number of benzene rings is 1. The number of esters is 1. The number of thioether (sulfide) groups is 1. The third kappa shape index (κ3) is 4.98. The minimum Gasteiger partial charge on any atom is -0.495 e. The summed E-state index contributed by atoms with van der Waals surface area (Å²) in [6.07, 6.45) is 0.617. The van der Waals surface area contributed by atoms with E-state index in [0.29, 0.717) is 29.1 Å². The van der Waals surface area contributed by atoms with Crippen LogP contribution in [0.25, 0.3) is 0 Å². The molecule has 0 bridgehead atoms. The van der Waals surface area contributed by atoms with Crippen molar-refractivity contribution < 1.29 is 19.1 Å². The molecule has 0 aliphatic carbocycles. The molecule has 5 heteroatoms. The first kappa shape index (κ1) is 16.1. The molecule has 0 saturated carbocycles. The highest BCUT2D eigenvalue weighted by atomic mass is 32.2. The van der Waals surface area contributed by atoms with Crippen LogP contribution in [-0.4, -0.2) is 31.1 Å². The van der Waals surface area contributed by atoms with Gasteiger partial charge in [-0.1, -0.05) is 23.6 Å². The van der Waals surface area contributed by atoms with Crippen LogP contribution in [-0.2, 0) is 9.53 Å². The number of carbonyl (C=O) groups is 2. The van der Waals surface area contributed by atoms with Crippen molar-refractivity contribution in [3.8, 4) is 17.6 Å². The molecule has 1 aromatic rings. The molecular weight excluding hydrogens is 276 g/mol. The van der Waals surface area contributed by atoms with Gasteiger partial charge in [-0.25, -0.2) is 4.79 Å². The Balaban J connectivity index is 2.78. The Kier molecular flexibility index (Phi) is 6.68. The van der Waals surface area contributed by atoms with Crippen LogP contribution in [0.5, 0.6) is 5.75 Å². The van der Waals surface area contributed by atoms with Gasteiger partial charge < -0.3 is 9.47 Å². The van der Waals surface area contributed by atoms with Gasteiger partial charge in [-0.15, -0.1) is 0 Å². The molecule has 0 fully saturated rings. The summed E-state index contributed by atoms with van der Waals surface area (Å²) in [5.41, 5.74) is 1.12. The Labute approximate surface area is 122 Å². The van der Waals surface area contributed by atoms with Crippen LogP contribution >= 0.6 is 11.8 Å². The van der Waals surface area contributed by atoms with Gasteiger partial charge in [-0.2, -0.15) is 0 Å². The minimum atomic E-state index is -0.416. The summed E-state index contributed by atoms with van der Waals surface area (Å²) in [4.78, 5) is 22.2. The maximum absolute atomic E-state index is 11.4. The summed E-state index contributed by atoms with van der Waals surface area (Å²) in [6, 6.07) is 4.96. The summed E-state index contributed by atoms with van der Waals surface area (Å²) >= 11 is 1.25. The number of rotatable bonds is 4. The van der Waals surface area contributed by atoms with Crippen molar-refractivity contribution in [3.05, 3.63) is 29.3 Å². The molecule has 0 amide bonds. The van der Waals surface area contributed by atoms with E-state index >= 15 is 0 Å². The zero-order chi connectivity index (χ0) is 15.0. The molecule has 0 unspecified atom stereocenters. The molecule has 1 aromatic carbocycles. The minimum absolute atomic E-state index is 0.0896. The molecule has 0 heterocycles. The van der Waals surface area contributed by atoms with Crippen LogP contribution in [0.1, 0.15) is 29.3 Å².